The molecule has 1 aliphatic carbocycles. The van der Waals surface area contributed by atoms with E-state index >= 15 is 0 Å². The number of nitrogens with zero attached hydrogens (tertiary/aromatic N) is 6. The molecule has 0 spiro atoms. The van der Waals surface area contributed by atoms with Crippen LogP contribution in [0.3, 0.4) is 0 Å². The van der Waals surface area contributed by atoms with E-state index in [1.165, 1.54) is 24.8 Å². The molecule has 0 aromatic carbocycles. The Hall–Kier alpha value is -4.16. The van der Waals surface area contributed by atoms with Crippen LogP contribution >= 0.6 is 11.6 Å². The predicted octanol–water partition coefficient (Wildman–Crippen LogP) is 3.09. The second-order valence-corrected chi connectivity index (χ2v) is 9.17. The lowest BCUT2D eigenvalue weighted by molar-refractivity contribution is 0.143. The zero-order valence-corrected chi connectivity index (χ0v) is 21.9. The van der Waals surface area contributed by atoms with Gasteiger partial charge in [-0.15, -0.1) is 0 Å². The Balaban J connectivity index is 1.45. The number of hydrogen-bond acceptors (Lipinski definition) is 10. The van der Waals surface area contributed by atoms with Crippen molar-refractivity contribution in [3.8, 4) is 11.6 Å². The maximum Gasteiger partial charge on any atom is 0.274 e. The van der Waals surface area contributed by atoms with Crippen molar-refractivity contribution in [2.45, 2.75) is 18.8 Å². The van der Waals surface area contributed by atoms with Crippen molar-refractivity contribution >= 4 is 40.2 Å². The highest BCUT2D eigenvalue weighted by atomic mass is 35.5. The zero-order chi connectivity index (χ0) is 26.8. The van der Waals surface area contributed by atoms with Gasteiger partial charge in [0.2, 0.25) is 11.8 Å². The van der Waals surface area contributed by atoms with Crippen LogP contribution < -0.4 is 26.1 Å². The lowest BCUT2D eigenvalue weighted by atomic mass is 10.2. The SMILES string of the molecule is COCCOc1nccnc1/C(=C\N)Oc1cnc2nc(Nc3cc(C4CC4)cn(C)c3=O)n(C)c2c1Cl. The van der Waals surface area contributed by atoms with Crippen LogP contribution in [0.4, 0.5) is 11.6 Å². The summed E-state index contributed by atoms with van der Waals surface area (Å²) < 4.78 is 20.0. The summed E-state index contributed by atoms with van der Waals surface area (Å²) in [5.41, 5.74) is 8.44. The molecule has 0 saturated heterocycles. The molecule has 3 N–H and O–H groups in total. The van der Waals surface area contributed by atoms with Crippen LogP contribution in [0.2, 0.25) is 5.02 Å². The van der Waals surface area contributed by atoms with Crippen LogP contribution in [0.25, 0.3) is 16.9 Å². The van der Waals surface area contributed by atoms with Gasteiger partial charge in [0.25, 0.3) is 5.56 Å². The lowest BCUT2D eigenvalue weighted by Crippen LogP contribution is -2.20. The fourth-order valence-corrected chi connectivity index (χ4v) is 4.28. The van der Waals surface area contributed by atoms with E-state index in [1.807, 2.05) is 12.3 Å². The van der Waals surface area contributed by atoms with Gasteiger partial charge in [-0.05, 0) is 30.4 Å². The molecule has 1 saturated carbocycles. The Kier molecular flexibility index (Phi) is 7.16. The second-order valence-electron chi connectivity index (χ2n) is 8.79. The number of imidazole rings is 1. The average Bonchev–Trinajstić information content (AvgIpc) is 3.71. The summed E-state index contributed by atoms with van der Waals surface area (Å²) in [6, 6.07) is 1.88. The molecule has 5 rings (SSSR count). The molecule has 4 heterocycles. The molecular formula is C25H27ClN8O4. The van der Waals surface area contributed by atoms with Gasteiger partial charge in [0, 0.05) is 46.0 Å². The van der Waals surface area contributed by atoms with Crippen LogP contribution in [0.15, 0.2) is 41.8 Å². The Morgan fingerprint density at radius 3 is 2.76 bits per heavy atom. The molecule has 0 aliphatic heterocycles. The van der Waals surface area contributed by atoms with Gasteiger partial charge in [-0.1, -0.05) is 11.6 Å². The van der Waals surface area contributed by atoms with Gasteiger partial charge in [0.1, 0.15) is 22.8 Å². The summed E-state index contributed by atoms with van der Waals surface area (Å²) in [5, 5.41) is 3.41. The van der Waals surface area contributed by atoms with Gasteiger partial charge in [-0.3, -0.25) is 4.79 Å². The van der Waals surface area contributed by atoms with E-state index in [1.54, 1.807) is 30.3 Å². The molecule has 1 aliphatic rings. The topological polar surface area (TPSA) is 144 Å². The number of aromatic nitrogens is 6. The van der Waals surface area contributed by atoms with Gasteiger partial charge in [0.15, 0.2) is 22.8 Å². The third kappa shape index (κ3) is 5.00. The van der Waals surface area contributed by atoms with Crippen molar-refractivity contribution < 1.29 is 14.2 Å². The number of fused-ring (bicyclic) bond motifs is 1. The number of methoxy groups -OCH3 is 1. The van der Waals surface area contributed by atoms with E-state index in [0.29, 0.717) is 41.0 Å². The summed E-state index contributed by atoms with van der Waals surface area (Å²) in [7, 11) is 5.09. The quantitative estimate of drug-likeness (QED) is 0.228. The summed E-state index contributed by atoms with van der Waals surface area (Å²) in [4.78, 5) is 30.2. The molecule has 0 bridgehead atoms. The number of halogens is 1. The molecular weight excluding hydrogens is 512 g/mol. The fourth-order valence-electron chi connectivity index (χ4n) is 3.98. The van der Waals surface area contributed by atoms with Crippen molar-refractivity contribution in [3.05, 3.63) is 63.7 Å². The number of aryl methyl sites for hydroxylation is 2. The van der Waals surface area contributed by atoms with E-state index in [-0.39, 0.29) is 34.6 Å². The highest BCUT2D eigenvalue weighted by Crippen LogP contribution is 2.40. The Labute approximate surface area is 223 Å². The van der Waals surface area contributed by atoms with E-state index in [2.05, 4.69) is 25.3 Å². The Bertz CT molecular complexity index is 1580. The van der Waals surface area contributed by atoms with Gasteiger partial charge in [-0.25, -0.2) is 15.0 Å². The zero-order valence-electron chi connectivity index (χ0n) is 21.1. The van der Waals surface area contributed by atoms with E-state index in [9.17, 15) is 4.79 Å². The monoisotopic (exact) mass is 538 g/mol. The molecule has 13 heteroatoms. The minimum absolute atomic E-state index is 0.158. The molecule has 38 heavy (non-hydrogen) atoms. The normalized spacial score (nSPS) is 13.6. The summed E-state index contributed by atoms with van der Waals surface area (Å²) in [5.74, 6) is 1.53. The molecule has 0 amide bonds. The molecule has 0 unspecified atom stereocenters. The van der Waals surface area contributed by atoms with Crippen molar-refractivity contribution in [1.82, 2.24) is 29.1 Å². The first-order chi connectivity index (χ1) is 18.4. The Morgan fingerprint density at radius 1 is 1.24 bits per heavy atom. The van der Waals surface area contributed by atoms with Crippen LogP contribution in [-0.4, -0.2) is 49.4 Å². The van der Waals surface area contributed by atoms with E-state index in [4.69, 9.17) is 31.5 Å². The largest absolute Gasteiger partial charge is 0.474 e. The molecule has 0 atom stereocenters. The number of nitrogens with one attached hydrogen (secondary N) is 1. The van der Waals surface area contributed by atoms with Gasteiger partial charge in [-0.2, -0.15) is 4.98 Å². The first-order valence-electron chi connectivity index (χ1n) is 11.9. The molecule has 1 fully saturated rings. The number of nitrogens with two attached hydrogens (primary N) is 1. The van der Waals surface area contributed by atoms with Gasteiger partial charge in [0.05, 0.1) is 12.8 Å². The first-order valence-corrected chi connectivity index (χ1v) is 12.3. The van der Waals surface area contributed by atoms with Crippen molar-refractivity contribution in [1.29, 1.82) is 0 Å². The van der Waals surface area contributed by atoms with Crippen LogP contribution in [0.5, 0.6) is 11.6 Å². The highest BCUT2D eigenvalue weighted by Gasteiger charge is 2.25. The molecule has 0 radical (unpaired) electrons. The number of rotatable bonds is 10. The van der Waals surface area contributed by atoms with Gasteiger partial charge >= 0.3 is 0 Å². The third-order valence-electron chi connectivity index (χ3n) is 6.10. The average molecular weight is 539 g/mol. The minimum Gasteiger partial charge on any atom is -0.474 e. The summed E-state index contributed by atoms with van der Waals surface area (Å²) >= 11 is 6.75. The van der Waals surface area contributed by atoms with Crippen LogP contribution in [-0.2, 0) is 18.8 Å². The second kappa shape index (κ2) is 10.7. The third-order valence-corrected chi connectivity index (χ3v) is 6.47. The van der Waals surface area contributed by atoms with Crippen LogP contribution in [0.1, 0.15) is 30.0 Å². The van der Waals surface area contributed by atoms with E-state index in [0.717, 1.165) is 18.4 Å². The molecule has 4 aromatic heterocycles. The van der Waals surface area contributed by atoms with Crippen molar-refractivity contribution in [2.24, 2.45) is 19.8 Å². The maximum atomic E-state index is 12.8. The fraction of sp³-hybridized carbons (Fsp3) is 0.320. The summed E-state index contributed by atoms with van der Waals surface area (Å²) in [6.07, 6.45) is 9.82. The first kappa shape index (κ1) is 25.5. The smallest absolute Gasteiger partial charge is 0.274 e. The minimum atomic E-state index is -0.158. The number of hydrogen-bond donors (Lipinski definition) is 2. The van der Waals surface area contributed by atoms with E-state index < -0.39 is 0 Å². The Morgan fingerprint density at radius 2 is 2.03 bits per heavy atom. The predicted molar refractivity (Wildman–Crippen MR) is 143 cm³/mol. The number of ether oxygens (including phenoxy) is 3. The molecule has 4 aromatic rings. The van der Waals surface area contributed by atoms with Crippen molar-refractivity contribution in [2.75, 3.05) is 25.6 Å². The van der Waals surface area contributed by atoms with Crippen molar-refractivity contribution in [3.63, 3.8) is 0 Å². The standard InChI is InChI=1S/C25H27ClN8O4/c1-33-13-15(14-4-5-14)10-16(24(33)35)31-25-32-22-21(34(25)2)19(26)18(12-30-22)38-17(11-27)20-23(29-7-6-28-20)37-9-8-36-3/h6-7,10-14H,4-5,8-9,27H2,1-3H3,(H,30,31,32)/b17-11+. The highest BCUT2D eigenvalue weighted by molar-refractivity contribution is 6.36. The van der Waals surface area contributed by atoms with Gasteiger partial charge < -0.3 is 34.4 Å². The number of anilines is 2. The van der Waals surface area contributed by atoms with Crippen LogP contribution in [0, 0.1) is 0 Å². The summed E-state index contributed by atoms with van der Waals surface area (Å²) in [6.45, 7) is 0.643. The number of pyridine rings is 2. The maximum absolute atomic E-state index is 12.8. The lowest BCUT2D eigenvalue weighted by Gasteiger charge is -2.13. The molecule has 198 valence electrons. The molecule has 12 nitrogen and oxygen atoms in total.